The maximum absolute atomic E-state index is 13.8. The summed E-state index contributed by atoms with van der Waals surface area (Å²) >= 11 is 0. The van der Waals surface area contributed by atoms with Crippen molar-refractivity contribution in [1.82, 2.24) is 4.57 Å². The predicted octanol–water partition coefficient (Wildman–Crippen LogP) is 4.05. The number of hydrogen-bond donors (Lipinski definition) is 1. The first-order chi connectivity index (χ1) is 11.2. The van der Waals surface area contributed by atoms with E-state index in [9.17, 15) is 9.18 Å². The molecule has 3 aromatic rings. The van der Waals surface area contributed by atoms with Crippen LogP contribution in [0.2, 0.25) is 0 Å². The summed E-state index contributed by atoms with van der Waals surface area (Å²) in [7, 11) is 0. The Morgan fingerprint density at radius 2 is 1.61 bits per heavy atom. The first-order valence-corrected chi connectivity index (χ1v) is 7.46. The second kappa shape index (κ2) is 6.92. The largest absolute Gasteiger partial charge is 0.342 e. The van der Waals surface area contributed by atoms with Crippen LogP contribution < -0.4 is 5.32 Å². The molecule has 0 saturated heterocycles. The highest BCUT2D eigenvalue weighted by Crippen LogP contribution is 2.19. The molecule has 1 heterocycles. The predicted molar refractivity (Wildman–Crippen MR) is 88.6 cm³/mol. The summed E-state index contributed by atoms with van der Waals surface area (Å²) in [5.74, 6) is -0.679. The van der Waals surface area contributed by atoms with Crippen molar-refractivity contribution in [3.05, 3.63) is 90.5 Å². The Bertz CT molecular complexity index is 769. The van der Waals surface area contributed by atoms with Crippen molar-refractivity contribution in [2.75, 3.05) is 5.32 Å². The zero-order valence-electron chi connectivity index (χ0n) is 12.5. The van der Waals surface area contributed by atoms with E-state index in [1.807, 2.05) is 59.4 Å². The highest BCUT2D eigenvalue weighted by Gasteiger charge is 2.21. The van der Waals surface area contributed by atoms with E-state index >= 15 is 0 Å². The van der Waals surface area contributed by atoms with E-state index in [-0.39, 0.29) is 11.6 Å². The van der Waals surface area contributed by atoms with Crippen molar-refractivity contribution < 1.29 is 9.18 Å². The Hall–Kier alpha value is -2.88. The quantitative estimate of drug-likeness (QED) is 0.758. The van der Waals surface area contributed by atoms with Gasteiger partial charge in [0.15, 0.2) is 0 Å². The first kappa shape index (κ1) is 15.0. The fourth-order valence-corrected chi connectivity index (χ4v) is 2.51. The molecule has 0 unspecified atom stereocenters. The highest BCUT2D eigenvalue weighted by atomic mass is 19.1. The minimum atomic E-state index is -0.438. The van der Waals surface area contributed by atoms with Gasteiger partial charge in [-0.2, -0.15) is 0 Å². The molecule has 0 bridgehead atoms. The number of hydrogen-bond acceptors (Lipinski definition) is 1. The van der Waals surface area contributed by atoms with Crippen LogP contribution in [-0.4, -0.2) is 10.5 Å². The Balaban J connectivity index is 1.83. The van der Waals surface area contributed by atoms with Gasteiger partial charge < -0.3 is 9.88 Å². The smallest absolute Gasteiger partial charge is 0.247 e. The summed E-state index contributed by atoms with van der Waals surface area (Å²) in [4.78, 5) is 12.7. The normalized spacial score (nSPS) is 11.9. The van der Waals surface area contributed by atoms with Crippen molar-refractivity contribution in [2.45, 2.75) is 12.5 Å². The lowest BCUT2D eigenvalue weighted by Gasteiger charge is -2.19. The fraction of sp³-hybridized carbons (Fsp3) is 0.105. The highest BCUT2D eigenvalue weighted by molar-refractivity contribution is 5.94. The molecule has 0 aliphatic heterocycles. The monoisotopic (exact) mass is 308 g/mol. The number of nitrogens with one attached hydrogen (secondary N) is 1. The van der Waals surface area contributed by atoms with Crippen molar-refractivity contribution >= 4 is 11.6 Å². The second-order valence-corrected chi connectivity index (χ2v) is 5.30. The maximum Gasteiger partial charge on any atom is 0.247 e. The van der Waals surface area contributed by atoms with Gasteiger partial charge in [-0.15, -0.1) is 0 Å². The van der Waals surface area contributed by atoms with Crippen molar-refractivity contribution in [2.24, 2.45) is 0 Å². The van der Waals surface area contributed by atoms with Gasteiger partial charge in [-0.1, -0.05) is 42.5 Å². The summed E-state index contributed by atoms with van der Waals surface area (Å²) in [6, 6.07) is 19.3. The number of anilines is 1. The van der Waals surface area contributed by atoms with Crippen LogP contribution in [0.5, 0.6) is 0 Å². The molecule has 0 aliphatic rings. The zero-order valence-corrected chi connectivity index (χ0v) is 12.5. The van der Waals surface area contributed by atoms with Gasteiger partial charge in [-0.25, -0.2) is 4.39 Å². The minimum Gasteiger partial charge on any atom is -0.342 e. The first-order valence-electron chi connectivity index (χ1n) is 7.46. The number of halogens is 1. The number of carbonyl (C=O) groups excluding carboxylic acids is 1. The van der Waals surface area contributed by atoms with Crippen molar-refractivity contribution in [3.63, 3.8) is 0 Å². The number of para-hydroxylation sites is 1. The Morgan fingerprint density at radius 3 is 2.30 bits per heavy atom. The van der Waals surface area contributed by atoms with Gasteiger partial charge in [0.2, 0.25) is 5.91 Å². The van der Waals surface area contributed by atoms with Gasteiger partial charge in [0, 0.05) is 18.8 Å². The van der Waals surface area contributed by atoms with E-state index < -0.39 is 11.9 Å². The fourth-order valence-electron chi connectivity index (χ4n) is 2.51. The Labute approximate surface area is 134 Å². The minimum absolute atomic E-state index is 0.197. The van der Waals surface area contributed by atoms with E-state index in [4.69, 9.17) is 0 Å². The molecule has 1 N–H and O–H groups in total. The van der Waals surface area contributed by atoms with Crippen LogP contribution in [0.15, 0.2) is 79.1 Å². The molecule has 0 fully saturated rings. The van der Waals surface area contributed by atoms with Gasteiger partial charge in [0.1, 0.15) is 11.9 Å². The summed E-state index contributed by atoms with van der Waals surface area (Å²) in [6.45, 7) is 0. The SMILES string of the molecule is O=C(Nc1ccccc1F)[C@H](Cc1ccccc1)n1cccc1. The third-order valence-corrected chi connectivity index (χ3v) is 3.69. The molecule has 116 valence electrons. The lowest BCUT2D eigenvalue weighted by molar-refractivity contribution is -0.119. The molecule has 3 nitrogen and oxygen atoms in total. The van der Waals surface area contributed by atoms with E-state index in [2.05, 4.69) is 5.32 Å². The molecule has 0 radical (unpaired) electrons. The van der Waals surface area contributed by atoms with Crippen molar-refractivity contribution in [3.8, 4) is 0 Å². The molecule has 3 rings (SSSR count). The lowest BCUT2D eigenvalue weighted by Crippen LogP contribution is -2.27. The molecular formula is C19H17FN2O. The van der Waals surface area contributed by atoms with Crippen molar-refractivity contribution in [1.29, 1.82) is 0 Å². The molecule has 0 saturated carbocycles. The lowest BCUT2D eigenvalue weighted by atomic mass is 10.0. The van der Waals surface area contributed by atoms with Gasteiger partial charge >= 0.3 is 0 Å². The standard InChI is InChI=1S/C19H17FN2O/c20-16-10-4-5-11-17(16)21-19(23)18(22-12-6-7-13-22)14-15-8-2-1-3-9-15/h1-13,18H,14H2,(H,21,23)/t18-/m0/s1. The van der Waals surface area contributed by atoms with Crippen LogP contribution in [0.1, 0.15) is 11.6 Å². The third kappa shape index (κ3) is 3.66. The van der Waals surface area contributed by atoms with Crippen LogP contribution in [-0.2, 0) is 11.2 Å². The molecule has 0 aliphatic carbocycles. The molecule has 1 aromatic heterocycles. The third-order valence-electron chi connectivity index (χ3n) is 3.69. The average molecular weight is 308 g/mol. The van der Waals surface area contributed by atoms with Crippen LogP contribution in [0.3, 0.4) is 0 Å². The molecule has 0 spiro atoms. The van der Waals surface area contributed by atoms with Crippen LogP contribution in [0, 0.1) is 5.82 Å². The summed E-state index contributed by atoms with van der Waals surface area (Å²) in [6.07, 6.45) is 4.22. The molecule has 1 amide bonds. The molecular weight excluding hydrogens is 291 g/mol. The molecule has 23 heavy (non-hydrogen) atoms. The zero-order chi connectivity index (χ0) is 16.1. The van der Waals surface area contributed by atoms with Crippen LogP contribution >= 0.6 is 0 Å². The summed E-state index contributed by atoms with van der Waals surface area (Å²) in [5, 5.41) is 2.68. The van der Waals surface area contributed by atoms with Gasteiger partial charge in [-0.3, -0.25) is 4.79 Å². The van der Waals surface area contributed by atoms with E-state index in [1.54, 1.807) is 18.2 Å². The topological polar surface area (TPSA) is 34.0 Å². The molecule has 2 aromatic carbocycles. The number of rotatable bonds is 5. The average Bonchev–Trinajstić information content (AvgIpc) is 3.10. The molecule has 1 atom stereocenters. The van der Waals surface area contributed by atoms with Gasteiger partial charge in [-0.05, 0) is 29.8 Å². The number of nitrogens with zero attached hydrogens (tertiary/aromatic N) is 1. The number of aromatic nitrogens is 1. The van der Waals surface area contributed by atoms with Gasteiger partial charge in [0.05, 0.1) is 5.69 Å². The van der Waals surface area contributed by atoms with Crippen LogP contribution in [0.25, 0.3) is 0 Å². The maximum atomic E-state index is 13.8. The van der Waals surface area contributed by atoms with Crippen LogP contribution in [0.4, 0.5) is 10.1 Å². The van der Waals surface area contributed by atoms with E-state index in [0.29, 0.717) is 6.42 Å². The summed E-state index contributed by atoms with van der Waals surface area (Å²) < 4.78 is 15.6. The number of benzene rings is 2. The number of carbonyl (C=O) groups is 1. The summed E-state index contributed by atoms with van der Waals surface area (Å²) in [5.41, 5.74) is 1.25. The number of amides is 1. The van der Waals surface area contributed by atoms with E-state index in [1.165, 1.54) is 6.07 Å². The van der Waals surface area contributed by atoms with E-state index in [0.717, 1.165) is 5.56 Å². The second-order valence-electron chi connectivity index (χ2n) is 5.30. The Morgan fingerprint density at radius 1 is 0.957 bits per heavy atom. The molecule has 4 heteroatoms. The van der Waals surface area contributed by atoms with Gasteiger partial charge in [0.25, 0.3) is 0 Å². The Kier molecular flexibility index (Phi) is 4.52.